The Balaban J connectivity index is 1.52. The first kappa shape index (κ1) is 15.7. The fraction of sp³-hybridized carbons (Fsp3) is 0.562. The molecular weight excluding hydrogens is 296 g/mol. The Labute approximate surface area is 135 Å². The minimum Gasteiger partial charge on any atom is -0.439 e. The predicted octanol–water partition coefficient (Wildman–Crippen LogP) is 0.567. The van der Waals surface area contributed by atoms with Gasteiger partial charge in [0, 0.05) is 39.0 Å². The second kappa shape index (κ2) is 6.16. The van der Waals surface area contributed by atoms with Gasteiger partial charge in [-0.15, -0.1) is 0 Å². The first-order valence-corrected chi connectivity index (χ1v) is 7.77. The summed E-state index contributed by atoms with van der Waals surface area (Å²) in [6.45, 7) is 2.74. The zero-order valence-corrected chi connectivity index (χ0v) is 13.6. The largest absolute Gasteiger partial charge is 0.439 e. The van der Waals surface area contributed by atoms with Crippen molar-refractivity contribution >= 4 is 12.0 Å². The number of carbonyl (C=O) groups excluding carboxylic acids is 2. The lowest BCUT2D eigenvalue weighted by molar-refractivity contribution is -0.132. The lowest BCUT2D eigenvalue weighted by Crippen LogP contribution is -2.42. The van der Waals surface area contributed by atoms with E-state index in [1.807, 2.05) is 24.1 Å². The number of pyridine rings is 1. The van der Waals surface area contributed by atoms with E-state index in [9.17, 15) is 9.59 Å². The van der Waals surface area contributed by atoms with Gasteiger partial charge in [-0.2, -0.15) is 0 Å². The molecular formula is C16H22N4O3. The van der Waals surface area contributed by atoms with Crippen molar-refractivity contribution in [1.29, 1.82) is 0 Å². The van der Waals surface area contributed by atoms with Gasteiger partial charge in [-0.05, 0) is 24.7 Å². The van der Waals surface area contributed by atoms with Gasteiger partial charge < -0.3 is 14.5 Å². The molecule has 0 N–H and O–H groups in total. The maximum absolute atomic E-state index is 12.5. The van der Waals surface area contributed by atoms with Crippen LogP contribution in [0.1, 0.15) is 12.0 Å². The summed E-state index contributed by atoms with van der Waals surface area (Å²) in [5.74, 6) is 0.0732. The monoisotopic (exact) mass is 318 g/mol. The van der Waals surface area contributed by atoms with Gasteiger partial charge in [-0.1, -0.05) is 0 Å². The molecule has 7 nitrogen and oxygen atoms in total. The molecule has 2 fully saturated rings. The van der Waals surface area contributed by atoms with Gasteiger partial charge in [0.15, 0.2) is 5.60 Å². The molecule has 1 aromatic heterocycles. The normalized spacial score (nSPS) is 23.9. The molecule has 1 spiro atoms. The van der Waals surface area contributed by atoms with Crippen molar-refractivity contribution in [3.05, 3.63) is 30.1 Å². The van der Waals surface area contributed by atoms with Crippen molar-refractivity contribution < 1.29 is 14.3 Å². The number of likely N-dealkylation sites (tertiary alicyclic amines) is 1. The average molecular weight is 318 g/mol. The molecule has 1 atom stereocenters. The third kappa shape index (κ3) is 3.44. The molecule has 0 unspecified atom stereocenters. The van der Waals surface area contributed by atoms with E-state index in [0.717, 1.165) is 5.56 Å². The molecule has 2 saturated heterocycles. The third-order valence-corrected chi connectivity index (χ3v) is 4.42. The van der Waals surface area contributed by atoms with E-state index in [1.165, 1.54) is 0 Å². The van der Waals surface area contributed by atoms with Crippen molar-refractivity contribution in [1.82, 2.24) is 19.7 Å². The number of carbonyl (C=O) groups is 2. The Morgan fingerprint density at radius 3 is 2.78 bits per heavy atom. The van der Waals surface area contributed by atoms with Gasteiger partial charge in [0.2, 0.25) is 5.91 Å². The minimum absolute atomic E-state index is 0.0732. The van der Waals surface area contributed by atoms with Crippen LogP contribution < -0.4 is 0 Å². The number of ether oxygens (including phenoxy) is 1. The Morgan fingerprint density at radius 1 is 1.39 bits per heavy atom. The summed E-state index contributed by atoms with van der Waals surface area (Å²) in [6, 6.07) is 3.89. The summed E-state index contributed by atoms with van der Waals surface area (Å²) in [7, 11) is 3.65. The number of hydrogen-bond acceptors (Lipinski definition) is 5. The maximum atomic E-state index is 12.5. The van der Waals surface area contributed by atoms with Crippen LogP contribution in [-0.2, 0) is 16.1 Å². The van der Waals surface area contributed by atoms with Crippen LogP contribution in [0.25, 0.3) is 0 Å². The number of likely N-dealkylation sites (N-methyl/N-ethyl adjacent to an activating group) is 2. The second-order valence-electron chi connectivity index (χ2n) is 6.50. The van der Waals surface area contributed by atoms with Gasteiger partial charge in [0.25, 0.3) is 0 Å². The van der Waals surface area contributed by atoms with Gasteiger partial charge in [0.1, 0.15) is 0 Å². The third-order valence-electron chi connectivity index (χ3n) is 4.42. The Kier molecular flexibility index (Phi) is 4.21. The van der Waals surface area contributed by atoms with E-state index in [1.54, 1.807) is 29.2 Å². The summed E-state index contributed by atoms with van der Waals surface area (Å²) in [5.41, 5.74) is 0.616. The van der Waals surface area contributed by atoms with Crippen LogP contribution in [0.15, 0.2) is 24.5 Å². The molecule has 0 bridgehead atoms. The van der Waals surface area contributed by atoms with E-state index in [0.29, 0.717) is 39.1 Å². The quantitative estimate of drug-likeness (QED) is 0.812. The maximum Gasteiger partial charge on any atom is 0.410 e. The second-order valence-corrected chi connectivity index (χ2v) is 6.50. The van der Waals surface area contributed by atoms with Crippen LogP contribution in [0.2, 0.25) is 0 Å². The molecule has 23 heavy (non-hydrogen) atoms. The standard InChI is InChI=1S/C16H22N4O3/c1-18(9-13-3-6-17-7-4-13)10-14(21)20-8-5-16(12-20)11-19(2)15(22)23-16/h3-4,6-7H,5,8-12H2,1-2H3/t16-/m0/s1. The van der Waals surface area contributed by atoms with E-state index < -0.39 is 5.60 Å². The topological polar surface area (TPSA) is 66.0 Å². The molecule has 1 aromatic rings. The van der Waals surface area contributed by atoms with E-state index in [4.69, 9.17) is 4.74 Å². The number of nitrogens with zero attached hydrogens (tertiary/aromatic N) is 4. The fourth-order valence-corrected chi connectivity index (χ4v) is 3.25. The molecule has 0 aromatic carbocycles. The Morgan fingerprint density at radius 2 is 2.13 bits per heavy atom. The minimum atomic E-state index is -0.509. The van der Waals surface area contributed by atoms with Gasteiger partial charge in [-0.3, -0.25) is 14.7 Å². The number of rotatable bonds is 4. The van der Waals surface area contributed by atoms with Crippen LogP contribution in [0.3, 0.4) is 0 Å². The number of hydrogen-bond donors (Lipinski definition) is 0. The van der Waals surface area contributed by atoms with Crippen LogP contribution in [0, 0.1) is 0 Å². The highest BCUT2D eigenvalue weighted by molar-refractivity contribution is 5.79. The van der Waals surface area contributed by atoms with Gasteiger partial charge in [-0.25, -0.2) is 4.79 Å². The van der Waals surface area contributed by atoms with Crippen LogP contribution >= 0.6 is 0 Å². The molecule has 0 radical (unpaired) electrons. The summed E-state index contributed by atoms with van der Waals surface area (Å²) >= 11 is 0. The average Bonchev–Trinajstić information content (AvgIpc) is 3.03. The smallest absolute Gasteiger partial charge is 0.410 e. The van der Waals surface area contributed by atoms with Gasteiger partial charge >= 0.3 is 6.09 Å². The van der Waals surface area contributed by atoms with E-state index >= 15 is 0 Å². The van der Waals surface area contributed by atoms with Crippen molar-refractivity contribution in [2.45, 2.75) is 18.6 Å². The van der Waals surface area contributed by atoms with Crippen molar-refractivity contribution in [2.75, 3.05) is 40.3 Å². The van der Waals surface area contributed by atoms with E-state index in [-0.39, 0.29) is 12.0 Å². The SMILES string of the molecule is CN(CC(=O)N1CC[C@]2(CN(C)C(=O)O2)C1)Cc1ccncc1. The molecule has 2 aliphatic heterocycles. The Bertz CT molecular complexity index is 594. The van der Waals surface area contributed by atoms with Crippen molar-refractivity contribution in [3.63, 3.8) is 0 Å². The lowest BCUT2D eigenvalue weighted by atomic mass is 10.0. The summed E-state index contributed by atoms with van der Waals surface area (Å²) in [6.07, 6.45) is 3.91. The summed E-state index contributed by atoms with van der Waals surface area (Å²) in [4.78, 5) is 33.4. The molecule has 7 heteroatoms. The number of amides is 2. The molecule has 3 rings (SSSR count). The molecule has 2 aliphatic rings. The Hall–Kier alpha value is -2.15. The first-order chi connectivity index (χ1) is 11.0. The molecule has 3 heterocycles. The lowest BCUT2D eigenvalue weighted by Gasteiger charge is -2.24. The van der Waals surface area contributed by atoms with Crippen LogP contribution in [0.5, 0.6) is 0 Å². The van der Waals surface area contributed by atoms with Crippen molar-refractivity contribution in [2.24, 2.45) is 0 Å². The van der Waals surface area contributed by atoms with Crippen LogP contribution in [0.4, 0.5) is 4.79 Å². The molecule has 0 saturated carbocycles. The number of aromatic nitrogens is 1. The highest BCUT2D eigenvalue weighted by Crippen LogP contribution is 2.31. The molecule has 2 amide bonds. The summed E-state index contributed by atoms with van der Waals surface area (Å²) in [5, 5.41) is 0. The zero-order valence-electron chi connectivity index (χ0n) is 13.6. The highest BCUT2D eigenvalue weighted by atomic mass is 16.6. The predicted molar refractivity (Wildman–Crippen MR) is 83.6 cm³/mol. The van der Waals surface area contributed by atoms with Crippen molar-refractivity contribution in [3.8, 4) is 0 Å². The summed E-state index contributed by atoms with van der Waals surface area (Å²) < 4.78 is 5.48. The first-order valence-electron chi connectivity index (χ1n) is 7.77. The molecule has 124 valence electrons. The van der Waals surface area contributed by atoms with E-state index in [2.05, 4.69) is 4.98 Å². The highest BCUT2D eigenvalue weighted by Gasteiger charge is 2.49. The van der Waals surface area contributed by atoms with Crippen LogP contribution in [-0.4, -0.2) is 77.6 Å². The zero-order chi connectivity index (χ0) is 16.4. The molecule has 0 aliphatic carbocycles. The van der Waals surface area contributed by atoms with Gasteiger partial charge in [0.05, 0.1) is 19.6 Å². The fourth-order valence-electron chi connectivity index (χ4n) is 3.25.